The number of nitrogens with zero attached hydrogens (tertiary/aromatic N) is 5. The number of piperazine rings is 1. The Hall–Kier alpha value is -3.02. The van der Waals surface area contributed by atoms with Gasteiger partial charge < -0.3 is 14.9 Å². The summed E-state index contributed by atoms with van der Waals surface area (Å²) in [5.74, 6) is -2.64. The van der Waals surface area contributed by atoms with Crippen LogP contribution in [0.5, 0.6) is 0 Å². The van der Waals surface area contributed by atoms with Crippen molar-refractivity contribution in [2.45, 2.75) is 24.6 Å². The summed E-state index contributed by atoms with van der Waals surface area (Å²) >= 11 is 0. The van der Waals surface area contributed by atoms with Gasteiger partial charge in [0.2, 0.25) is 5.91 Å². The van der Waals surface area contributed by atoms with Crippen LogP contribution in [0.4, 0.5) is 13.2 Å². The van der Waals surface area contributed by atoms with Crippen molar-refractivity contribution in [1.82, 2.24) is 24.9 Å². The quantitative estimate of drug-likeness (QED) is 0.696. The average Bonchev–Trinajstić information content (AvgIpc) is 2.75. The van der Waals surface area contributed by atoms with Crippen molar-refractivity contribution in [3.63, 3.8) is 0 Å². The summed E-state index contributed by atoms with van der Waals surface area (Å²) in [6, 6.07) is 1.67. The predicted octanol–water partition coefficient (Wildman–Crippen LogP) is 1.04. The molecule has 2 saturated heterocycles. The van der Waals surface area contributed by atoms with Gasteiger partial charge in [0.1, 0.15) is 5.54 Å². The first-order valence-electron chi connectivity index (χ1n) is 9.50. The second-order valence-electron chi connectivity index (χ2n) is 7.22. The van der Waals surface area contributed by atoms with E-state index in [-0.39, 0.29) is 11.8 Å². The maximum Gasteiger partial charge on any atom is 0.490 e. The molecular formula is C19H24F3N5O4. The fourth-order valence-electron chi connectivity index (χ4n) is 3.65. The van der Waals surface area contributed by atoms with Crippen LogP contribution in [0.25, 0.3) is 0 Å². The Bertz CT molecular complexity index is 811. The maximum atomic E-state index is 13.0. The van der Waals surface area contributed by atoms with Gasteiger partial charge in [-0.15, -0.1) is 6.58 Å². The number of carbonyl (C=O) groups is 3. The molecule has 31 heavy (non-hydrogen) atoms. The summed E-state index contributed by atoms with van der Waals surface area (Å²) in [5, 5.41) is 14.6. The molecule has 2 amide bonds. The Kier molecular flexibility index (Phi) is 7.71. The molecule has 0 aliphatic carbocycles. The normalized spacial score (nSPS) is 18.9. The average molecular weight is 443 g/mol. The van der Waals surface area contributed by atoms with Crippen LogP contribution in [0, 0.1) is 0 Å². The summed E-state index contributed by atoms with van der Waals surface area (Å²) in [7, 11) is 2.01. The van der Waals surface area contributed by atoms with Crippen LogP contribution in [-0.4, -0.2) is 99.3 Å². The molecule has 1 aromatic heterocycles. The second kappa shape index (κ2) is 9.86. The van der Waals surface area contributed by atoms with E-state index >= 15 is 0 Å². The summed E-state index contributed by atoms with van der Waals surface area (Å²) in [6.07, 6.45) is 0.993. The number of hydrogen-bond acceptors (Lipinski definition) is 6. The molecule has 1 aromatic rings. The van der Waals surface area contributed by atoms with Crippen molar-refractivity contribution in [3.05, 3.63) is 36.7 Å². The minimum absolute atomic E-state index is 0.0476. The zero-order chi connectivity index (χ0) is 23.2. The van der Waals surface area contributed by atoms with E-state index in [1.807, 2.05) is 11.9 Å². The van der Waals surface area contributed by atoms with Crippen LogP contribution < -0.4 is 0 Å². The van der Waals surface area contributed by atoms with Crippen molar-refractivity contribution >= 4 is 17.8 Å². The second-order valence-corrected chi connectivity index (χ2v) is 7.22. The number of aromatic nitrogens is 2. The molecule has 0 radical (unpaired) electrons. The Labute approximate surface area is 177 Å². The third-order valence-corrected chi connectivity index (χ3v) is 5.42. The van der Waals surface area contributed by atoms with Crippen LogP contribution in [0.2, 0.25) is 0 Å². The maximum absolute atomic E-state index is 13.0. The van der Waals surface area contributed by atoms with Crippen molar-refractivity contribution in [2.24, 2.45) is 0 Å². The molecule has 0 unspecified atom stereocenters. The van der Waals surface area contributed by atoms with E-state index in [1.54, 1.807) is 17.0 Å². The molecule has 1 N–H and O–H groups in total. The highest BCUT2D eigenvalue weighted by Gasteiger charge is 2.49. The highest BCUT2D eigenvalue weighted by atomic mass is 19.4. The summed E-state index contributed by atoms with van der Waals surface area (Å²) in [5.41, 5.74) is 0.0479. The predicted molar refractivity (Wildman–Crippen MR) is 103 cm³/mol. The highest BCUT2D eigenvalue weighted by molar-refractivity contribution is 5.94. The van der Waals surface area contributed by atoms with E-state index in [0.717, 1.165) is 13.1 Å². The highest BCUT2D eigenvalue weighted by Crippen LogP contribution is 2.33. The van der Waals surface area contributed by atoms with Crippen molar-refractivity contribution in [2.75, 3.05) is 39.8 Å². The number of likely N-dealkylation sites (tertiary alicyclic amines) is 1. The lowest BCUT2D eigenvalue weighted by Crippen LogP contribution is -2.67. The molecule has 0 aromatic carbocycles. The third-order valence-electron chi connectivity index (χ3n) is 5.42. The molecule has 170 valence electrons. The van der Waals surface area contributed by atoms with E-state index < -0.39 is 17.7 Å². The number of alkyl halides is 3. The number of piperidine rings is 1. The van der Waals surface area contributed by atoms with Crippen LogP contribution in [0.1, 0.15) is 23.2 Å². The van der Waals surface area contributed by atoms with E-state index in [9.17, 15) is 22.8 Å². The summed E-state index contributed by atoms with van der Waals surface area (Å²) < 4.78 is 31.7. The van der Waals surface area contributed by atoms with Gasteiger partial charge in [0.15, 0.2) is 0 Å². The SMILES string of the molecule is C=CCN1CCN(C)C2(CCN(C(=O)c3ccnnc3)CC2)C1=O.O=C(O)C(F)(F)F. The molecule has 9 nitrogen and oxygen atoms in total. The molecule has 0 bridgehead atoms. The number of aliphatic carboxylic acids is 1. The molecule has 3 heterocycles. The van der Waals surface area contributed by atoms with Crippen LogP contribution >= 0.6 is 0 Å². The van der Waals surface area contributed by atoms with Gasteiger partial charge in [-0.1, -0.05) is 6.08 Å². The number of rotatable bonds is 3. The lowest BCUT2D eigenvalue weighted by molar-refractivity contribution is -0.192. The Morgan fingerprint density at radius 3 is 2.32 bits per heavy atom. The van der Waals surface area contributed by atoms with Crippen LogP contribution in [-0.2, 0) is 9.59 Å². The fourth-order valence-corrected chi connectivity index (χ4v) is 3.65. The number of carboxylic acids is 1. The van der Waals surface area contributed by atoms with E-state index in [0.29, 0.717) is 38.0 Å². The van der Waals surface area contributed by atoms with Gasteiger partial charge in [-0.3, -0.25) is 14.5 Å². The van der Waals surface area contributed by atoms with E-state index in [4.69, 9.17) is 9.90 Å². The number of hydrogen-bond donors (Lipinski definition) is 1. The topological polar surface area (TPSA) is 107 Å². The Morgan fingerprint density at radius 2 is 1.84 bits per heavy atom. The molecule has 2 aliphatic heterocycles. The number of halogens is 3. The van der Waals surface area contributed by atoms with Gasteiger partial charge in [0.25, 0.3) is 5.91 Å². The molecule has 2 fully saturated rings. The van der Waals surface area contributed by atoms with Crippen LogP contribution in [0.3, 0.4) is 0 Å². The molecule has 12 heteroatoms. The van der Waals surface area contributed by atoms with Crippen molar-refractivity contribution in [1.29, 1.82) is 0 Å². The number of amides is 2. The Morgan fingerprint density at radius 1 is 1.23 bits per heavy atom. The fraction of sp³-hybridized carbons (Fsp3) is 0.526. The lowest BCUT2D eigenvalue weighted by Gasteiger charge is -2.51. The smallest absolute Gasteiger partial charge is 0.475 e. The first-order chi connectivity index (χ1) is 14.5. The molecule has 0 saturated carbocycles. The van der Waals surface area contributed by atoms with Gasteiger partial charge in [-0.2, -0.15) is 23.4 Å². The van der Waals surface area contributed by atoms with Gasteiger partial charge in [0.05, 0.1) is 18.0 Å². The standard InChI is InChI=1S/C17H23N5O2.C2HF3O2/c1-3-8-22-12-11-20(2)17(16(22)24)5-9-21(10-6-17)15(23)14-4-7-18-19-13-14;3-2(4,5)1(6)7/h3-4,7,13H,1,5-6,8-12H2,2H3;(H,6,7). The molecule has 3 rings (SSSR count). The first-order valence-corrected chi connectivity index (χ1v) is 9.50. The van der Waals surface area contributed by atoms with Gasteiger partial charge in [-0.25, -0.2) is 4.79 Å². The minimum atomic E-state index is -5.08. The van der Waals surface area contributed by atoms with Crippen molar-refractivity contribution in [3.8, 4) is 0 Å². The molecule has 0 atom stereocenters. The van der Waals surface area contributed by atoms with Gasteiger partial charge in [0, 0.05) is 32.7 Å². The summed E-state index contributed by atoms with van der Waals surface area (Å²) in [6.45, 7) is 7.04. The van der Waals surface area contributed by atoms with Gasteiger partial charge in [-0.05, 0) is 26.0 Å². The zero-order valence-corrected chi connectivity index (χ0v) is 17.0. The Balaban J connectivity index is 0.000000423. The summed E-state index contributed by atoms with van der Waals surface area (Å²) in [4.78, 5) is 40.2. The molecule has 1 spiro atoms. The van der Waals surface area contributed by atoms with E-state index in [2.05, 4.69) is 21.7 Å². The van der Waals surface area contributed by atoms with Gasteiger partial charge >= 0.3 is 12.1 Å². The first kappa shape index (κ1) is 24.3. The largest absolute Gasteiger partial charge is 0.490 e. The number of likely N-dealkylation sites (N-methyl/N-ethyl adjacent to an activating group) is 1. The molecule has 2 aliphatic rings. The van der Waals surface area contributed by atoms with Crippen LogP contribution in [0.15, 0.2) is 31.1 Å². The minimum Gasteiger partial charge on any atom is -0.475 e. The lowest BCUT2D eigenvalue weighted by atomic mass is 9.82. The molecular weight excluding hydrogens is 419 g/mol. The monoisotopic (exact) mass is 443 g/mol. The number of carboxylic acid groups (broad SMARTS) is 1. The zero-order valence-electron chi connectivity index (χ0n) is 17.0. The van der Waals surface area contributed by atoms with E-state index in [1.165, 1.54) is 12.4 Å². The number of carbonyl (C=O) groups excluding carboxylic acids is 2. The third kappa shape index (κ3) is 5.57. The van der Waals surface area contributed by atoms with Crippen molar-refractivity contribution < 1.29 is 32.7 Å².